The van der Waals surface area contributed by atoms with Crippen LogP contribution in [0.15, 0.2) is 18.5 Å². The number of carbonyl (C=O) groups is 2. The van der Waals surface area contributed by atoms with E-state index in [0.29, 0.717) is 34.7 Å². The van der Waals surface area contributed by atoms with Gasteiger partial charge in [0.05, 0.1) is 11.3 Å². The van der Waals surface area contributed by atoms with E-state index < -0.39 is 11.6 Å². The third-order valence-corrected chi connectivity index (χ3v) is 6.76. The lowest BCUT2D eigenvalue weighted by molar-refractivity contribution is -0.129. The molecule has 4 bridgehead atoms. The molecular formula is C21H25N3O4. The van der Waals surface area contributed by atoms with Gasteiger partial charge in [0.2, 0.25) is 0 Å². The van der Waals surface area contributed by atoms with Gasteiger partial charge in [0.15, 0.2) is 5.78 Å². The maximum absolute atomic E-state index is 12.6. The van der Waals surface area contributed by atoms with Crippen molar-refractivity contribution in [3.63, 3.8) is 0 Å². The molecule has 6 rings (SSSR count). The fraction of sp³-hybridized carbons (Fsp3) is 0.571. The normalized spacial score (nSPS) is 33.2. The average Bonchev–Trinajstić information content (AvgIpc) is 3.10. The van der Waals surface area contributed by atoms with E-state index in [4.69, 9.17) is 4.74 Å². The number of anilines is 1. The highest BCUT2D eigenvalue weighted by atomic mass is 16.5. The molecule has 4 saturated carbocycles. The van der Waals surface area contributed by atoms with Crippen LogP contribution < -0.4 is 5.32 Å². The van der Waals surface area contributed by atoms with Crippen molar-refractivity contribution in [3.8, 4) is 0 Å². The minimum atomic E-state index is -0.546. The van der Waals surface area contributed by atoms with Crippen molar-refractivity contribution < 1.29 is 19.4 Å². The van der Waals surface area contributed by atoms with Gasteiger partial charge >= 0.3 is 5.97 Å². The highest BCUT2D eigenvalue weighted by Gasteiger charge is 2.54. The molecule has 0 radical (unpaired) electrons. The molecule has 3 unspecified atom stereocenters. The van der Waals surface area contributed by atoms with Crippen LogP contribution in [0.4, 0.5) is 5.69 Å². The summed E-state index contributed by atoms with van der Waals surface area (Å²) in [7, 11) is 0. The van der Waals surface area contributed by atoms with Gasteiger partial charge in [0.25, 0.3) is 0 Å². The molecule has 4 aliphatic carbocycles. The molecule has 0 amide bonds. The minimum Gasteiger partial charge on any atom is -0.454 e. The zero-order valence-electron chi connectivity index (χ0n) is 15.9. The van der Waals surface area contributed by atoms with Gasteiger partial charge in [0, 0.05) is 23.8 Å². The second-order valence-electron chi connectivity index (χ2n) is 8.93. The van der Waals surface area contributed by atoms with Crippen LogP contribution in [0, 0.1) is 17.8 Å². The van der Waals surface area contributed by atoms with Gasteiger partial charge in [-0.15, -0.1) is 0 Å². The maximum Gasteiger partial charge on any atom is 0.342 e. The Labute approximate surface area is 162 Å². The number of nitrogens with one attached hydrogen (secondary N) is 2. The van der Waals surface area contributed by atoms with Crippen molar-refractivity contribution in [3.05, 3.63) is 24.0 Å². The Morgan fingerprint density at radius 1 is 1.32 bits per heavy atom. The van der Waals surface area contributed by atoms with Crippen molar-refractivity contribution in [1.29, 1.82) is 0 Å². The Hall–Kier alpha value is -2.41. The molecule has 148 valence electrons. The van der Waals surface area contributed by atoms with E-state index in [1.807, 2.05) is 6.07 Å². The largest absolute Gasteiger partial charge is 0.454 e. The summed E-state index contributed by atoms with van der Waals surface area (Å²) in [6.07, 6.45) is 8.14. The van der Waals surface area contributed by atoms with Gasteiger partial charge in [-0.2, -0.15) is 0 Å². The van der Waals surface area contributed by atoms with Crippen LogP contribution in [0.5, 0.6) is 0 Å². The Morgan fingerprint density at radius 2 is 2.07 bits per heavy atom. The first-order valence-corrected chi connectivity index (χ1v) is 10.0. The number of fused-ring (bicyclic) bond motifs is 1. The predicted molar refractivity (Wildman–Crippen MR) is 103 cm³/mol. The van der Waals surface area contributed by atoms with Crippen LogP contribution in [-0.2, 0) is 9.53 Å². The fourth-order valence-corrected chi connectivity index (χ4v) is 5.95. The van der Waals surface area contributed by atoms with Gasteiger partial charge in [0.1, 0.15) is 17.8 Å². The van der Waals surface area contributed by atoms with Crippen LogP contribution in [-0.4, -0.2) is 45.1 Å². The van der Waals surface area contributed by atoms with E-state index in [9.17, 15) is 14.7 Å². The van der Waals surface area contributed by atoms with Crippen molar-refractivity contribution in [2.75, 3.05) is 11.9 Å². The number of aliphatic hydroxyl groups is 1. The highest BCUT2D eigenvalue weighted by molar-refractivity contribution is 6.04. The molecule has 2 aromatic rings. The minimum absolute atomic E-state index is 0.201. The lowest BCUT2D eigenvalue weighted by Gasteiger charge is -2.58. The van der Waals surface area contributed by atoms with Crippen molar-refractivity contribution >= 4 is 28.5 Å². The number of ether oxygens (including phenoxy) is 1. The Kier molecular flexibility index (Phi) is 3.98. The number of Topliss-reactive ketones (excluding diaryl/α,β-unsaturated/α-hetero) is 1. The first-order valence-electron chi connectivity index (χ1n) is 10.0. The molecule has 28 heavy (non-hydrogen) atoms. The van der Waals surface area contributed by atoms with E-state index in [2.05, 4.69) is 15.3 Å². The van der Waals surface area contributed by atoms with Gasteiger partial charge < -0.3 is 20.1 Å². The molecule has 0 aliphatic heterocycles. The van der Waals surface area contributed by atoms with E-state index >= 15 is 0 Å². The second-order valence-corrected chi connectivity index (χ2v) is 8.93. The van der Waals surface area contributed by atoms with Gasteiger partial charge in [-0.3, -0.25) is 4.79 Å². The summed E-state index contributed by atoms with van der Waals surface area (Å²) < 4.78 is 5.16. The number of aromatic amines is 1. The molecule has 2 aromatic heterocycles. The summed E-state index contributed by atoms with van der Waals surface area (Å²) in [5, 5.41) is 15.3. The zero-order chi connectivity index (χ0) is 19.5. The van der Waals surface area contributed by atoms with Crippen LogP contribution in [0.25, 0.3) is 11.0 Å². The van der Waals surface area contributed by atoms with Crippen LogP contribution in [0.3, 0.4) is 0 Å². The number of nitrogens with zero attached hydrogens (tertiary/aromatic N) is 1. The fourth-order valence-electron chi connectivity index (χ4n) is 5.95. The standard InChI is InChI=1S/C21H25N3O4/c1-11(25)10-28-20(26)16-9-23-19-15(2-3-22-19)18(16)24-17-13-4-12-5-14(17)8-21(27,6-12)7-13/h2-3,9,12-14,17,27H,4-8,10H2,1H3,(H2,22,23,24)/t12?,13-,14+,17?,21?. The third-order valence-electron chi connectivity index (χ3n) is 6.76. The second kappa shape index (κ2) is 6.30. The first kappa shape index (κ1) is 17.7. The smallest absolute Gasteiger partial charge is 0.342 e. The lowest BCUT2D eigenvalue weighted by atomic mass is 9.52. The topological polar surface area (TPSA) is 104 Å². The Bertz CT molecular complexity index is 936. The van der Waals surface area contributed by atoms with E-state index in [0.717, 1.165) is 37.5 Å². The van der Waals surface area contributed by atoms with Crippen LogP contribution in [0.1, 0.15) is 49.4 Å². The van der Waals surface area contributed by atoms with Crippen molar-refractivity contribution in [2.24, 2.45) is 17.8 Å². The average molecular weight is 383 g/mol. The maximum atomic E-state index is 12.6. The molecule has 7 heteroatoms. The quantitative estimate of drug-likeness (QED) is 0.686. The SMILES string of the molecule is CC(=O)COC(=O)c1cnc2[nH]ccc2c1NC1[C@@H]2CC3C[C@H]1CC(O)(C3)C2. The first-order chi connectivity index (χ1) is 13.4. The van der Waals surface area contributed by atoms with Gasteiger partial charge in [-0.25, -0.2) is 9.78 Å². The summed E-state index contributed by atoms with van der Waals surface area (Å²) in [4.78, 5) is 31.3. The number of esters is 1. The number of rotatable bonds is 5. The molecule has 0 saturated heterocycles. The number of pyridine rings is 1. The molecule has 0 spiro atoms. The molecule has 3 N–H and O–H groups in total. The number of aromatic nitrogens is 2. The summed E-state index contributed by atoms with van der Waals surface area (Å²) in [6.45, 7) is 1.14. The van der Waals surface area contributed by atoms with E-state index in [1.165, 1.54) is 13.1 Å². The monoisotopic (exact) mass is 383 g/mol. The zero-order valence-corrected chi connectivity index (χ0v) is 15.9. The number of carbonyl (C=O) groups excluding carboxylic acids is 2. The molecular weight excluding hydrogens is 358 g/mol. The summed E-state index contributed by atoms with van der Waals surface area (Å²) >= 11 is 0. The van der Waals surface area contributed by atoms with E-state index in [1.54, 1.807) is 6.20 Å². The molecule has 5 atom stereocenters. The lowest BCUT2D eigenvalue weighted by Crippen LogP contribution is -2.59. The summed E-state index contributed by atoms with van der Waals surface area (Å²) in [5.41, 5.74) is 1.26. The number of H-pyrrole nitrogens is 1. The number of ketones is 1. The highest BCUT2D eigenvalue weighted by Crippen LogP contribution is 2.56. The van der Waals surface area contributed by atoms with Gasteiger partial charge in [-0.05, 0) is 62.8 Å². The van der Waals surface area contributed by atoms with Crippen molar-refractivity contribution in [2.45, 2.75) is 50.7 Å². The van der Waals surface area contributed by atoms with Crippen LogP contribution in [0.2, 0.25) is 0 Å². The van der Waals surface area contributed by atoms with Crippen LogP contribution >= 0.6 is 0 Å². The van der Waals surface area contributed by atoms with Gasteiger partial charge in [-0.1, -0.05) is 0 Å². The molecule has 0 aromatic carbocycles. The Morgan fingerprint density at radius 3 is 2.75 bits per heavy atom. The molecule has 4 fully saturated rings. The summed E-state index contributed by atoms with van der Waals surface area (Å²) in [5.74, 6) is 0.674. The molecule has 2 heterocycles. The number of hydrogen-bond acceptors (Lipinski definition) is 6. The predicted octanol–water partition coefficient (Wildman–Crippen LogP) is 2.66. The third kappa shape index (κ3) is 2.89. The Balaban J connectivity index is 1.48. The van der Waals surface area contributed by atoms with Crippen molar-refractivity contribution in [1.82, 2.24) is 9.97 Å². The molecule has 4 aliphatic rings. The van der Waals surface area contributed by atoms with E-state index in [-0.39, 0.29) is 18.4 Å². The molecule has 7 nitrogen and oxygen atoms in total. The number of hydrogen-bond donors (Lipinski definition) is 3. The summed E-state index contributed by atoms with van der Waals surface area (Å²) in [6, 6.07) is 2.12.